The van der Waals surface area contributed by atoms with Gasteiger partial charge in [-0.2, -0.15) is 0 Å². The van der Waals surface area contributed by atoms with Crippen LogP contribution in [0.2, 0.25) is 0 Å². The lowest BCUT2D eigenvalue weighted by atomic mass is 10.2. The second-order valence-corrected chi connectivity index (χ2v) is 5.90. The van der Waals surface area contributed by atoms with Crippen LogP contribution in [0.3, 0.4) is 0 Å². The van der Waals surface area contributed by atoms with Crippen LogP contribution < -0.4 is 5.32 Å². The van der Waals surface area contributed by atoms with Crippen molar-refractivity contribution in [3.05, 3.63) is 50.4 Å². The Hall–Kier alpha value is -1.40. The van der Waals surface area contributed by atoms with Crippen LogP contribution in [0.5, 0.6) is 0 Å². The number of aromatic carboxylic acids is 1. The van der Waals surface area contributed by atoms with Crippen molar-refractivity contribution in [3.8, 4) is 0 Å². The fraction of sp³-hybridized carbons (Fsp3) is 0.0833. The number of anilines is 1. The van der Waals surface area contributed by atoms with Crippen LogP contribution >= 0.6 is 27.3 Å². The van der Waals surface area contributed by atoms with Crippen molar-refractivity contribution >= 4 is 38.9 Å². The molecule has 0 amide bonds. The van der Waals surface area contributed by atoms with E-state index in [9.17, 15) is 9.18 Å². The van der Waals surface area contributed by atoms with Gasteiger partial charge in [0.15, 0.2) is 0 Å². The molecule has 0 atom stereocenters. The number of carbonyl (C=O) groups is 1. The quantitative estimate of drug-likeness (QED) is 0.892. The molecule has 0 aliphatic rings. The van der Waals surface area contributed by atoms with Crippen molar-refractivity contribution in [1.29, 1.82) is 0 Å². The lowest BCUT2D eigenvalue weighted by molar-refractivity contribution is 0.0692. The maximum Gasteiger partial charge on any atom is 0.338 e. The van der Waals surface area contributed by atoms with Crippen molar-refractivity contribution in [1.82, 2.24) is 0 Å². The number of benzene rings is 1. The molecule has 18 heavy (non-hydrogen) atoms. The van der Waals surface area contributed by atoms with Gasteiger partial charge in [0.2, 0.25) is 0 Å². The maximum atomic E-state index is 13.2. The second-order valence-electron chi connectivity index (χ2n) is 3.61. The summed E-state index contributed by atoms with van der Waals surface area (Å²) in [6.07, 6.45) is 0. The number of thiophene rings is 1. The molecule has 2 rings (SSSR count). The van der Waals surface area contributed by atoms with Crippen LogP contribution in [0.15, 0.2) is 33.4 Å². The van der Waals surface area contributed by atoms with E-state index in [0.717, 1.165) is 15.4 Å². The lowest BCUT2D eigenvalue weighted by Crippen LogP contribution is -2.03. The first-order chi connectivity index (χ1) is 8.56. The van der Waals surface area contributed by atoms with Crippen molar-refractivity contribution in [2.24, 2.45) is 0 Å². The minimum absolute atomic E-state index is 0.327. The molecular formula is C12H9BrFNO2S. The Morgan fingerprint density at radius 1 is 1.44 bits per heavy atom. The van der Waals surface area contributed by atoms with Crippen molar-refractivity contribution < 1.29 is 14.3 Å². The van der Waals surface area contributed by atoms with Gasteiger partial charge in [-0.3, -0.25) is 0 Å². The molecule has 2 aromatic rings. The first-order valence-electron chi connectivity index (χ1n) is 5.06. The molecule has 0 radical (unpaired) electrons. The van der Waals surface area contributed by atoms with Gasteiger partial charge in [-0.15, -0.1) is 11.3 Å². The number of nitrogens with one attached hydrogen (secondary N) is 1. The first kappa shape index (κ1) is 13.0. The Kier molecular flexibility index (Phi) is 3.98. The van der Waals surface area contributed by atoms with E-state index in [2.05, 4.69) is 21.2 Å². The zero-order valence-electron chi connectivity index (χ0n) is 9.11. The lowest BCUT2D eigenvalue weighted by Gasteiger charge is -2.06. The predicted octanol–water partition coefficient (Wildman–Crippen LogP) is 3.96. The van der Waals surface area contributed by atoms with Gasteiger partial charge in [0.25, 0.3) is 0 Å². The summed E-state index contributed by atoms with van der Waals surface area (Å²) in [5.74, 6) is -2.00. The molecule has 1 heterocycles. The topological polar surface area (TPSA) is 49.3 Å². The number of carboxylic acid groups (broad SMARTS) is 1. The van der Waals surface area contributed by atoms with Crippen LogP contribution in [0.25, 0.3) is 0 Å². The van der Waals surface area contributed by atoms with Gasteiger partial charge < -0.3 is 10.4 Å². The summed E-state index contributed by atoms with van der Waals surface area (Å²) in [6, 6.07) is 5.93. The number of halogens is 2. The molecule has 0 saturated heterocycles. The molecule has 1 aromatic heterocycles. The van der Waals surface area contributed by atoms with E-state index < -0.39 is 11.8 Å². The molecule has 94 valence electrons. The SMILES string of the molecule is O=C(O)c1cc(NCc2csc(Br)c2)ccc1F. The Labute approximate surface area is 115 Å². The van der Waals surface area contributed by atoms with Gasteiger partial charge in [-0.1, -0.05) is 0 Å². The van der Waals surface area contributed by atoms with Crippen molar-refractivity contribution in [2.45, 2.75) is 6.54 Å². The molecule has 0 aliphatic heterocycles. The second kappa shape index (κ2) is 5.49. The summed E-state index contributed by atoms with van der Waals surface area (Å²) in [4.78, 5) is 10.8. The van der Waals surface area contributed by atoms with Crippen LogP contribution in [0.1, 0.15) is 15.9 Å². The number of rotatable bonds is 4. The van der Waals surface area contributed by atoms with Gasteiger partial charge in [0.05, 0.1) is 9.35 Å². The Bertz CT molecular complexity index is 585. The molecule has 0 fully saturated rings. The van der Waals surface area contributed by atoms with Crippen molar-refractivity contribution in [2.75, 3.05) is 5.32 Å². The van der Waals surface area contributed by atoms with Gasteiger partial charge >= 0.3 is 5.97 Å². The van der Waals surface area contributed by atoms with Crippen LogP contribution in [-0.2, 0) is 6.54 Å². The first-order valence-corrected chi connectivity index (χ1v) is 6.73. The zero-order chi connectivity index (χ0) is 13.1. The molecule has 3 nitrogen and oxygen atoms in total. The highest BCUT2D eigenvalue weighted by molar-refractivity contribution is 9.11. The summed E-state index contributed by atoms with van der Waals surface area (Å²) in [7, 11) is 0. The summed E-state index contributed by atoms with van der Waals surface area (Å²) in [5.41, 5.74) is 1.33. The molecule has 2 N–H and O–H groups in total. The van der Waals surface area contributed by atoms with Crippen LogP contribution in [-0.4, -0.2) is 11.1 Å². The summed E-state index contributed by atoms with van der Waals surface area (Å²) in [5, 5.41) is 13.8. The summed E-state index contributed by atoms with van der Waals surface area (Å²) < 4.78 is 14.2. The van der Waals surface area contributed by atoms with Gasteiger partial charge in [0.1, 0.15) is 5.82 Å². The molecule has 0 aliphatic carbocycles. The molecule has 1 aromatic carbocycles. The number of hydrogen-bond donors (Lipinski definition) is 2. The molecule has 0 unspecified atom stereocenters. The zero-order valence-corrected chi connectivity index (χ0v) is 11.5. The molecular weight excluding hydrogens is 321 g/mol. The fourth-order valence-electron chi connectivity index (χ4n) is 1.44. The third-order valence-corrected chi connectivity index (χ3v) is 3.87. The van der Waals surface area contributed by atoms with Crippen LogP contribution in [0.4, 0.5) is 10.1 Å². The van der Waals surface area contributed by atoms with E-state index in [1.54, 1.807) is 11.3 Å². The molecule has 0 bridgehead atoms. The molecule has 6 heteroatoms. The summed E-state index contributed by atoms with van der Waals surface area (Å²) in [6.45, 7) is 0.562. The standard InChI is InChI=1S/C12H9BrFNO2S/c13-11-3-7(6-18-11)5-15-8-1-2-10(14)9(4-8)12(16)17/h1-4,6,15H,5H2,(H,16,17). The Morgan fingerprint density at radius 2 is 2.22 bits per heavy atom. The van der Waals surface area contributed by atoms with Crippen molar-refractivity contribution in [3.63, 3.8) is 0 Å². The largest absolute Gasteiger partial charge is 0.478 e. The predicted molar refractivity (Wildman–Crippen MR) is 72.7 cm³/mol. The van der Waals surface area contributed by atoms with E-state index in [4.69, 9.17) is 5.11 Å². The normalized spacial score (nSPS) is 10.3. The number of carboxylic acids is 1. The minimum Gasteiger partial charge on any atom is -0.478 e. The van der Waals surface area contributed by atoms with E-state index in [1.807, 2.05) is 11.4 Å². The summed E-state index contributed by atoms with van der Waals surface area (Å²) >= 11 is 4.93. The highest BCUT2D eigenvalue weighted by Gasteiger charge is 2.10. The van der Waals surface area contributed by atoms with Crippen LogP contribution in [0, 0.1) is 5.82 Å². The Morgan fingerprint density at radius 3 is 2.83 bits per heavy atom. The van der Waals surface area contributed by atoms with E-state index in [1.165, 1.54) is 12.1 Å². The third-order valence-electron chi connectivity index (χ3n) is 2.32. The van der Waals surface area contributed by atoms with Gasteiger partial charge in [0, 0.05) is 12.2 Å². The minimum atomic E-state index is -1.27. The molecule has 0 spiro atoms. The maximum absolute atomic E-state index is 13.2. The average molecular weight is 330 g/mol. The van der Waals surface area contributed by atoms with E-state index in [-0.39, 0.29) is 5.56 Å². The fourth-order valence-corrected chi connectivity index (χ4v) is 2.65. The van der Waals surface area contributed by atoms with Gasteiger partial charge in [-0.05, 0) is 51.1 Å². The number of hydrogen-bond acceptors (Lipinski definition) is 3. The highest BCUT2D eigenvalue weighted by atomic mass is 79.9. The monoisotopic (exact) mass is 329 g/mol. The average Bonchev–Trinajstić information content (AvgIpc) is 2.74. The highest BCUT2D eigenvalue weighted by Crippen LogP contribution is 2.22. The molecule has 0 saturated carbocycles. The van der Waals surface area contributed by atoms with E-state index in [0.29, 0.717) is 12.2 Å². The van der Waals surface area contributed by atoms with Gasteiger partial charge in [-0.25, -0.2) is 9.18 Å². The Balaban J connectivity index is 2.10. The smallest absolute Gasteiger partial charge is 0.338 e. The third kappa shape index (κ3) is 3.08. The van der Waals surface area contributed by atoms with E-state index >= 15 is 0 Å².